The highest BCUT2D eigenvalue weighted by Crippen LogP contribution is 2.22. The molecule has 0 radical (unpaired) electrons. The number of rotatable bonds is 7. The molecule has 1 aromatic heterocycles. The van der Waals surface area contributed by atoms with Gasteiger partial charge in [-0.05, 0) is 32.1 Å². The first kappa shape index (κ1) is 20.1. The fraction of sp³-hybridized carbons (Fsp3) is 0.273. The first-order valence-corrected chi connectivity index (χ1v) is 9.61. The van der Waals surface area contributed by atoms with Crippen LogP contribution in [0.1, 0.15) is 33.2 Å². The summed E-state index contributed by atoms with van der Waals surface area (Å²) in [6, 6.07) is 20.1. The Labute approximate surface area is 170 Å². The number of likely N-dealkylation sites (N-methyl/N-ethyl adjacent to an activating group) is 1. The smallest absolute Gasteiger partial charge is 0.256 e. The first-order chi connectivity index (χ1) is 13.5. The van der Waals surface area contributed by atoms with Crippen molar-refractivity contribution in [2.75, 3.05) is 20.6 Å². The lowest BCUT2D eigenvalue weighted by Crippen LogP contribution is -2.34. The number of hydrogen-bond acceptors (Lipinski definition) is 3. The second-order valence-corrected chi connectivity index (χ2v) is 7.35. The molecule has 5 nitrogen and oxygen atoms in total. The third kappa shape index (κ3) is 4.61. The molecule has 0 aliphatic heterocycles. The van der Waals surface area contributed by atoms with Gasteiger partial charge in [0.2, 0.25) is 0 Å². The standard InChI is InChI=1S/C22H25ClN4O/c1-16-20(21(23)27(25-16)15-17-10-6-4-7-11-17)22(28)24-14-19(26(2)3)18-12-8-5-9-13-18/h4-13,19H,14-15H2,1-3H3,(H,24,28). The summed E-state index contributed by atoms with van der Waals surface area (Å²) < 4.78 is 1.67. The van der Waals surface area contributed by atoms with Gasteiger partial charge in [-0.15, -0.1) is 0 Å². The van der Waals surface area contributed by atoms with E-state index in [0.29, 0.717) is 29.5 Å². The number of aryl methyl sites for hydroxylation is 1. The van der Waals surface area contributed by atoms with E-state index in [0.717, 1.165) is 11.1 Å². The minimum Gasteiger partial charge on any atom is -0.350 e. The fourth-order valence-corrected chi connectivity index (χ4v) is 3.54. The average molecular weight is 397 g/mol. The van der Waals surface area contributed by atoms with Crippen LogP contribution in [0, 0.1) is 6.92 Å². The van der Waals surface area contributed by atoms with Crippen LogP contribution in [0.2, 0.25) is 5.15 Å². The zero-order valence-corrected chi connectivity index (χ0v) is 17.1. The summed E-state index contributed by atoms with van der Waals surface area (Å²) in [5, 5.41) is 7.84. The van der Waals surface area contributed by atoms with Crippen molar-refractivity contribution in [1.29, 1.82) is 0 Å². The van der Waals surface area contributed by atoms with Crippen molar-refractivity contribution in [2.45, 2.75) is 19.5 Å². The maximum atomic E-state index is 12.8. The molecule has 0 saturated heterocycles. The van der Waals surface area contributed by atoms with Gasteiger partial charge >= 0.3 is 0 Å². The van der Waals surface area contributed by atoms with E-state index in [1.165, 1.54) is 0 Å². The van der Waals surface area contributed by atoms with Crippen LogP contribution < -0.4 is 5.32 Å². The predicted molar refractivity (Wildman–Crippen MR) is 113 cm³/mol. The lowest BCUT2D eigenvalue weighted by molar-refractivity contribution is 0.0941. The Morgan fingerprint density at radius 2 is 1.71 bits per heavy atom. The summed E-state index contributed by atoms with van der Waals surface area (Å²) in [4.78, 5) is 14.9. The minimum absolute atomic E-state index is 0.0728. The summed E-state index contributed by atoms with van der Waals surface area (Å²) in [6.45, 7) is 2.82. The van der Waals surface area contributed by atoms with E-state index in [1.54, 1.807) is 4.68 Å². The van der Waals surface area contributed by atoms with Crippen LogP contribution >= 0.6 is 11.6 Å². The molecule has 0 spiro atoms. The largest absolute Gasteiger partial charge is 0.350 e. The Balaban J connectivity index is 1.73. The summed E-state index contributed by atoms with van der Waals surface area (Å²) in [5.41, 5.74) is 3.29. The molecule has 0 aliphatic carbocycles. The van der Waals surface area contributed by atoms with E-state index in [4.69, 9.17) is 11.6 Å². The molecule has 146 valence electrons. The Kier molecular flexibility index (Phi) is 6.49. The molecule has 1 atom stereocenters. The lowest BCUT2D eigenvalue weighted by Gasteiger charge is -2.25. The molecule has 1 heterocycles. The number of nitrogens with zero attached hydrogens (tertiary/aromatic N) is 3. The van der Waals surface area contributed by atoms with Gasteiger partial charge in [-0.1, -0.05) is 72.3 Å². The normalized spacial score (nSPS) is 12.2. The van der Waals surface area contributed by atoms with Gasteiger partial charge in [-0.25, -0.2) is 4.68 Å². The number of amides is 1. The summed E-state index contributed by atoms with van der Waals surface area (Å²) in [5.74, 6) is -0.204. The Morgan fingerprint density at radius 3 is 2.32 bits per heavy atom. The van der Waals surface area contributed by atoms with Gasteiger partial charge in [0.1, 0.15) is 5.15 Å². The summed E-state index contributed by atoms with van der Waals surface area (Å²) >= 11 is 6.50. The van der Waals surface area contributed by atoms with Crippen molar-refractivity contribution in [1.82, 2.24) is 20.0 Å². The second-order valence-electron chi connectivity index (χ2n) is 6.99. The Morgan fingerprint density at radius 1 is 1.11 bits per heavy atom. The monoisotopic (exact) mass is 396 g/mol. The van der Waals surface area contributed by atoms with E-state index in [2.05, 4.69) is 27.4 Å². The van der Waals surface area contributed by atoms with Crippen molar-refractivity contribution in [3.63, 3.8) is 0 Å². The van der Waals surface area contributed by atoms with Crippen LogP contribution in [0.4, 0.5) is 0 Å². The number of carbonyl (C=O) groups excluding carboxylic acids is 1. The SMILES string of the molecule is Cc1nn(Cc2ccccc2)c(Cl)c1C(=O)NCC(c1ccccc1)N(C)C. The van der Waals surface area contributed by atoms with Gasteiger partial charge in [-0.2, -0.15) is 5.10 Å². The molecule has 1 amide bonds. The lowest BCUT2D eigenvalue weighted by atomic mass is 10.1. The van der Waals surface area contributed by atoms with Crippen molar-refractivity contribution >= 4 is 17.5 Å². The highest BCUT2D eigenvalue weighted by molar-refractivity contribution is 6.33. The molecule has 0 aliphatic rings. The maximum absolute atomic E-state index is 12.8. The third-order valence-electron chi connectivity index (χ3n) is 4.73. The topological polar surface area (TPSA) is 50.2 Å². The molecule has 0 saturated carbocycles. The van der Waals surface area contributed by atoms with Crippen LogP contribution in [0.15, 0.2) is 60.7 Å². The average Bonchev–Trinajstić information content (AvgIpc) is 2.96. The predicted octanol–water partition coefficient (Wildman–Crippen LogP) is 3.93. The molecule has 1 unspecified atom stereocenters. The number of hydrogen-bond donors (Lipinski definition) is 1. The van der Waals surface area contributed by atoms with Gasteiger partial charge in [0.05, 0.1) is 23.8 Å². The van der Waals surface area contributed by atoms with Crippen LogP contribution in [-0.2, 0) is 6.54 Å². The Bertz CT molecular complexity index is 922. The van der Waals surface area contributed by atoms with Crippen LogP contribution in [0.3, 0.4) is 0 Å². The number of nitrogens with one attached hydrogen (secondary N) is 1. The van der Waals surface area contributed by atoms with Crippen molar-refractivity contribution in [3.05, 3.63) is 88.2 Å². The molecule has 28 heavy (non-hydrogen) atoms. The molecule has 0 fully saturated rings. The van der Waals surface area contributed by atoms with Gasteiger partial charge < -0.3 is 10.2 Å². The highest BCUT2D eigenvalue weighted by Gasteiger charge is 2.22. The van der Waals surface area contributed by atoms with E-state index < -0.39 is 0 Å². The van der Waals surface area contributed by atoms with E-state index >= 15 is 0 Å². The van der Waals surface area contributed by atoms with Gasteiger partial charge in [-0.3, -0.25) is 4.79 Å². The summed E-state index contributed by atoms with van der Waals surface area (Å²) in [6.07, 6.45) is 0. The number of benzene rings is 2. The zero-order chi connectivity index (χ0) is 20.1. The second kappa shape index (κ2) is 9.04. The van der Waals surface area contributed by atoms with Crippen molar-refractivity contribution < 1.29 is 4.79 Å². The van der Waals surface area contributed by atoms with Crippen LogP contribution in [0.5, 0.6) is 0 Å². The fourth-order valence-electron chi connectivity index (χ4n) is 3.22. The van der Waals surface area contributed by atoms with E-state index in [9.17, 15) is 4.79 Å². The summed E-state index contributed by atoms with van der Waals surface area (Å²) in [7, 11) is 4.00. The molecule has 3 rings (SSSR count). The quantitative estimate of drug-likeness (QED) is 0.658. The van der Waals surface area contributed by atoms with Gasteiger partial charge in [0.25, 0.3) is 5.91 Å². The minimum atomic E-state index is -0.204. The van der Waals surface area contributed by atoms with E-state index in [1.807, 2.05) is 69.6 Å². The Hall–Kier alpha value is -2.63. The number of carbonyl (C=O) groups is 1. The van der Waals surface area contributed by atoms with Crippen molar-refractivity contribution in [3.8, 4) is 0 Å². The molecule has 2 aromatic carbocycles. The van der Waals surface area contributed by atoms with Crippen LogP contribution in [0.25, 0.3) is 0 Å². The van der Waals surface area contributed by atoms with Gasteiger partial charge in [0.15, 0.2) is 0 Å². The molecule has 6 heteroatoms. The van der Waals surface area contributed by atoms with Crippen molar-refractivity contribution in [2.24, 2.45) is 0 Å². The number of halogens is 1. The highest BCUT2D eigenvalue weighted by atomic mass is 35.5. The third-order valence-corrected chi connectivity index (χ3v) is 5.12. The van der Waals surface area contributed by atoms with Gasteiger partial charge in [0, 0.05) is 6.54 Å². The first-order valence-electron chi connectivity index (χ1n) is 9.23. The number of aromatic nitrogens is 2. The molecule has 1 N–H and O–H groups in total. The molecule has 3 aromatic rings. The molecular weight excluding hydrogens is 372 g/mol. The molecule has 0 bridgehead atoms. The van der Waals surface area contributed by atoms with Crippen LogP contribution in [-0.4, -0.2) is 41.2 Å². The maximum Gasteiger partial charge on any atom is 0.256 e. The molecular formula is C22H25ClN4O. The van der Waals surface area contributed by atoms with E-state index in [-0.39, 0.29) is 11.9 Å². The zero-order valence-electron chi connectivity index (χ0n) is 16.4.